The molecule has 0 spiro atoms. The number of nitrogens with zero attached hydrogens (tertiary/aromatic N) is 5. The highest BCUT2D eigenvalue weighted by Gasteiger charge is 2.29. The Morgan fingerprint density at radius 3 is 2.34 bits per heavy atom. The van der Waals surface area contributed by atoms with Crippen molar-refractivity contribution in [1.82, 2.24) is 40.6 Å². The number of carbonyl (C=O) groups excluding carboxylic acids is 4. The van der Waals surface area contributed by atoms with Crippen molar-refractivity contribution >= 4 is 40.5 Å². The summed E-state index contributed by atoms with van der Waals surface area (Å²) in [4.78, 5) is 75.8. The Morgan fingerprint density at radius 1 is 0.847 bits per heavy atom. The summed E-state index contributed by atoms with van der Waals surface area (Å²) >= 11 is 0. The smallest absolute Gasteiger partial charge is 0.408 e. The second-order valence-electron chi connectivity index (χ2n) is 16.0. The number of ether oxygens (including phenoxy) is 1. The highest BCUT2D eigenvalue weighted by molar-refractivity contribution is 5.95. The van der Waals surface area contributed by atoms with Crippen molar-refractivity contribution < 1.29 is 23.9 Å². The van der Waals surface area contributed by atoms with Crippen LogP contribution in [0.1, 0.15) is 65.5 Å². The summed E-state index contributed by atoms with van der Waals surface area (Å²) in [5.41, 5.74) is 5.01. The summed E-state index contributed by atoms with van der Waals surface area (Å²) in [6.45, 7) is 11.9. The van der Waals surface area contributed by atoms with Crippen LogP contribution in [0.25, 0.3) is 33.3 Å². The van der Waals surface area contributed by atoms with E-state index in [9.17, 15) is 24.0 Å². The van der Waals surface area contributed by atoms with Gasteiger partial charge >= 0.3 is 12.1 Å². The second kappa shape index (κ2) is 18.3. The lowest BCUT2D eigenvalue weighted by atomic mass is 10.00. The van der Waals surface area contributed by atoms with Crippen LogP contribution in [0.2, 0.25) is 0 Å². The third-order valence-corrected chi connectivity index (χ3v) is 9.83. The number of urea groups is 1. The average molecular weight is 802 g/mol. The van der Waals surface area contributed by atoms with Gasteiger partial charge in [0.2, 0.25) is 11.8 Å². The molecule has 0 aliphatic carbocycles. The first kappa shape index (κ1) is 42.0. The summed E-state index contributed by atoms with van der Waals surface area (Å²) in [5.74, 6) is -1.14. The molecule has 3 aromatic heterocycles. The van der Waals surface area contributed by atoms with Crippen molar-refractivity contribution in [2.75, 3.05) is 11.9 Å². The SMILES string of the molecule is CC(NC(=O)C(NC(=O)OC(C)(C)C)C(C)C)C(=O)NCCCCn1nc(-c2ccc(NC(=O)N3Cc4ccncc4C3)cc2)cc(-c2cccc3ncccc23)c1=O. The van der Waals surface area contributed by atoms with Crippen molar-refractivity contribution in [2.45, 2.75) is 91.7 Å². The highest BCUT2D eigenvalue weighted by Crippen LogP contribution is 2.29. The first-order valence-electron chi connectivity index (χ1n) is 19.8. The predicted molar refractivity (Wildman–Crippen MR) is 225 cm³/mol. The number of unbranched alkanes of at least 4 members (excludes halogenated alkanes) is 1. The Morgan fingerprint density at radius 2 is 1.61 bits per heavy atom. The Hall–Kier alpha value is -6.64. The zero-order valence-corrected chi connectivity index (χ0v) is 34.2. The van der Waals surface area contributed by atoms with E-state index in [1.165, 1.54) is 4.68 Å². The monoisotopic (exact) mass is 801 g/mol. The fourth-order valence-corrected chi connectivity index (χ4v) is 6.75. The molecule has 2 unspecified atom stereocenters. The van der Waals surface area contributed by atoms with E-state index < -0.39 is 29.7 Å². The van der Waals surface area contributed by atoms with Gasteiger partial charge in [0.05, 0.1) is 16.8 Å². The molecule has 0 radical (unpaired) electrons. The Balaban J connectivity index is 1.11. The number of nitrogens with one attached hydrogen (secondary N) is 4. The van der Waals surface area contributed by atoms with E-state index in [1.807, 2.05) is 60.7 Å². The van der Waals surface area contributed by atoms with Crippen molar-refractivity contribution in [3.63, 3.8) is 0 Å². The maximum atomic E-state index is 14.1. The molecule has 15 heteroatoms. The number of pyridine rings is 2. The van der Waals surface area contributed by atoms with Crippen LogP contribution in [0.15, 0.2) is 90.1 Å². The van der Waals surface area contributed by atoms with Gasteiger partial charge in [-0.05, 0) is 99.5 Å². The molecule has 4 heterocycles. The Bertz CT molecular complexity index is 2360. The fourth-order valence-electron chi connectivity index (χ4n) is 6.75. The summed E-state index contributed by atoms with van der Waals surface area (Å²) in [6, 6.07) is 18.5. The van der Waals surface area contributed by atoms with Gasteiger partial charge in [-0.25, -0.2) is 14.3 Å². The molecule has 1 aliphatic rings. The lowest BCUT2D eigenvalue weighted by Gasteiger charge is -2.26. The number of aromatic nitrogens is 4. The van der Waals surface area contributed by atoms with Crippen LogP contribution >= 0.6 is 0 Å². The molecule has 0 bridgehead atoms. The summed E-state index contributed by atoms with van der Waals surface area (Å²) in [5, 5.41) is 16.7. The number of hydrogen-bond donors (Lipinski definition) is 4. The number of amides is 5. The molecule has 0 saturated carbocycles. The summed E-state index contributed by atoms with van der Waals surface area (Å²) in [6.07, 6.45) is 5.55. The summed E-state index contributed by atoms with van der Waals surface area (Å²) < 4.78 is 6.75. The standard InChI is InChI=1S/C44H51N9O6/c1-27(2)38(50-43(58)59-44(4,5)6)40(55)48-28(3)39(54)47-19-7-8-22-53-41(56)35(33-11-9-13-36-34(33)12-10-20-46-36)23-37(51-53)29-14-16-32(17-15-29)49-42(57)52-25-30-18-21-45-24-31(30)26-52/h9-18,20-21,23-24,27-28,38H,7-8,19,22,25-26H2,1-6H3,(H,47,54)(H,48,55)(H,49,57)(H,50,58). The van der Waals surface area contributed by atoms with Crippen LogP contribution in [0.3, 0.4) is 0 Å². The van der Waals surface area contributed by atoms with Gasteiger partial charge in [0.15, 0.2) is 0 Å². The van der Waals surface area contributed by atoms with Crippen LogP contribution in [-0.4, -0.2) is 72.8 Å². The molecule has 0 saturated heterocycles. The lowest BCUT2D eigenvalue weighted by molar-refractivity contribution is -0.130. The topological polar surface area (TPSA) is 190 Å². The van der Waals surface area contributed by atoms with Gasteiger partial charge in [0.1, 0.15) is 17.7 Å². The molecule has 15 nitrogen and oxygen atoms in total. The van der Waals surface area contributed by atoms with Crippen LogP contribution in [0, 0.1) is 5.92 Å². The number of anilines is 1. The molecule has 0 fully saturated rings. The van der Waals surface area contributed by atoms with E-state index in [4.69, 9.17) is 9.84 Å². The first-order valence-corrected chi connectivity index (χ1v) is 19.8. The molecule has 2 aromatic carbocycles. The van der Waals surface area contributed by atoms with E-state index in [1.54, 1.807) is 71.1 Å². The number of hydrogen-bond acceptors (Lipinski definition) is 9. The molecule has 4 N–H and O–H groups in total. The van der Waals surface area contributed by atoms with Gasteiger partial charge in [-0.3, -0.25) is 24.4 Å². The lowest BCUT2D eigenvalue weighted by Crippen LogP contribution is -2.55. The Labute approximate surface area is 343 Å². The zero-order chi connectivity index (χ0) is 42.3. The van der Waals surface area contributed by atoms with Crippen LogP contribution in [-0.2, 0) is 34.0 Å². The van der Waals surface area contributed by atoms with E-state index in [0.717, 1.165) is 33.2 Å². The second-order valence-corrected chi connectivity index (χ2v) is 16.0. The van der Waals surface area contributed by atoms with Crippen molar-refractivity contribution in [3.05, 3.63) is 107 Å². The largest absolute Gasteiger partial charge is 0.444 e. The maximum Gasteiger partial charge on any atom is 0.408 e. The first-order chi connectivity index (χ1) is 28.2. The van der Waals surface area contributed by atoms with Crippen LogP contribution in [0.5, 0.6) is 0 Å². The van der Waals surface area contributed by atoms with Crippen molar-refractivity contribution in [1.29, 1.82) is 0 Å². The molecule has 5 aromatic rings. The number of alkyl carbamates (subject to hydrolysis) is 1. The molecule has 308 valence electrons. The minimum Gasteiger partial charge on any atom is -0.444 e. The summed E-state index contributed by atoms with van der Waals surface area (Å²) in [7, 11) is 0. The van der Waals surface area contributed by atoms with E-state index in [-0.39, 0.29) is 30.0 Å². The Kier molecular flexibility index (Phi) is 13.0. The molecule has 59 heavy (non-hydrogen) atoms. The molecule has 2 atom stereocenters. The number of benzene rings is 2. The van der Waals surface area contributed by atoms with Crippen molar-refractivity contribution in [2.24, 2.45) is 5.92 Å². The van der Waals surface area contributed by atoms with Gasteiger partial charge in [-0.15, -0.1) is 0 Å². The van der Waals surface area contributed by atoms with E-state index in [2.05, 4.69) is 31.2 Å². The number of fused-ring (bicyclic) bond motifs is 2. The van der Waals surface area contributed by atoms with Gasteiger partial charge < -0.3 is 30.9 Å². The highest BCUT2D eigenvalue weighted by atomic mass is 16.6. The molecule has 1 aliphatic heterocycles. The zero-order valence-electron chi connectivity index (χ0n) is 34.2. The van der Waals surface area contributed by atoms with Crippen LogP contribution in [0.4, 0.5) is 15.3 Å². The van der Waals surface area contributed by atoms with E-state index in [0.29, 0.717) is 49.4 Å². The number of aryl methyl sites for hydroxylation is 1. The minimum absolute atomic E-state index is 0.213. The quantitative estimate of drug-likeness (QED) is 0.103. The third-order valence-electron chi connectivity index (χ3n) is 9.83. The van der Waals surface area contributed by atoms with Gasteiger partial charge in [0, 0.05) is 61.4 Å². The molecular weight excluding hydrogens is 751 g/mol. The molecule has 6 rings (SSSR count). The van der Waals surface area contributed by atoms with Gasteiger partial charge in [-0.2, -0.15) is 5.10 Å². The fraction of sp³-hybridized carbons (Fsp3) is 0.364. The molecular formula is C44H51N9O6. The maximum absolute atomic E-state index is 14.1. The minimum atomic E-state index is -0.896. The number of rotatable bonds is 13. The van der Waals surface area contributed by atoms with Gasteiger partial charge in [-0.1, -0.05) is 44.2 Å². The van der Waals surface area contributed by atoms with E-state index >= 15 is 0 Å². The normalized spacial score (nSPS) is 13.4. The van der Waals surface area contributed by atoms with Crippen molar-refractivity contribution in [3.8, 4) is 22.4 Å². The van der Waals surface area contributed by atoms with Gasteiger partial charge in [0.25, 0.3) is 5.56 Å². The van der Waals surface area contributed by atoms with Crippen LogP contribution < -0.4 is 26.8 Å². The number of carbonyl (C=O) groups is 4. The third kappa shape index (κ3) is 10.7. The average Bonchev–Trinajstić information content (AvgIpc) is 3.64. The molecule has 5 amide bonds. The predicted octanol–water partition coefficient (Wildman–Crippen LogP) is 6.02.